The van der Waals surface area contributed by atoms with Gasteiger partial charge in [-0.1, -0.05) is 0 Å². The highest BCUT2D eigenvalue weighted by molar-refractivity contribution is 7.89. The minimum Gasteiger partial charge on any atom is -0.465 e. The van der Waals surface area contributed by atoms with Crippen molar-refractivity contribution in [2.75, 3.05) is 5.73 Å². The van der Waals surface area contributed by atoms with Gasteiger partial charge in [-0.15, -0.1) is 0 Å². The molecule has 1 aromatic carbocycles. The molecule has 0 fully saturated rings. The molecular weight excluding hydrogens is 271 g/mol. The molecule has 3 N–H and O–H groups in total. The van der Waals surface area contributed by atoms with Gasteiger partial charge in [0.2, 0.25) is 10.0 Å². The van der Waals surface area contributed by atoms with Crippen molar-refractivity contribution in [3.8, 4) is 0 Å². The van der Waals surface area contributed by atoms with Gasteiger partial charge in [0.1, 0.15) is 22.2 Å². The van der Waals surface area contributed by atoms with Gasteiger partial charge in [-0.25, -0.2) is 17.5 Å². The van der Waals surface area contributed by atoms with Crippen LogP contribution in [0, 0.1) is 12.7 Å². The van der Waals surface area contributed by atoms with E-state index in [9.17, 15) is 12.8 Å². The first-order valence-corrected chi connectivity index (χ1v) is 6.97. The van der Waals surface area contributed by atoms with Crippen molar-refractivity contribution in [2.24, 2.45) is 0 Å². The molecule has 0 atom stereocenters. The first-order chi connectivity index (χ1) is 8.88. The highest BCUT2D eigenvalue weighted by atomic mass is 32.2. The average molecular weight is 284 g/mol. The molecule has 7 heteroatoms. The third kappa shape index (κ3) is 3.12. The fourth-order valence-electron chi connectivity index (χ4n) is 1.55. The number of sulfonamides is 1. The van der Waals surface area contributed by atoms with Crippen LogP contribution in [0.3, 0.4) is 0 Å². The summed E-state index contributed by atoms with van der Waals surface area (Å²) in [6.07, 6.45) is 0. The maximum Gasteiger partial charge on any atom is 0.243 e. The smallest absolute Gasteiger partial charge is 0.243 e. The highest BCUT2D eigenvalue weighted by Crippen LogP contribution is 2.18. The molecule has 0 spiro atoms. The Labute approximate surface area is 110 Å². The molecule has 1 heterocycles. The van der Waals surface area contributed by atoms with Crippen molar-refractivity contribution < 1.29 is 17.2 Å². The fourth-order valence-corrected chi connectivity index (χ4v) is 2.65. The lowest BCUT2D eigenvalue weighted by Gasteiger charge is -2.07. The van der Waals surface area contributed by atoms with Crippen LogP contribution >= 0.6 is 0 Å². The summed E-state index contributed by atoms with van der Waals surface area (Å²) in [6, 6.07) is 6.74. The SMILES string of the molecule is Cc1ccc(CNS(=O)(=O)c2cc(N)ccc2F)o1. The minimum absolute atomic E-state index is 0.0512. The molecule has 0 saturated heterocycles. The van der Waals surface area contributed by atoms with Crippen LogP contribution in [0.15, 0.2) is 39.6 Å². The highest BCUT2D eigenvalue weighted by Gasteiger charge is 2.19. The second kappa shape index (κ2) is 5.02. The van der Waals surface area contributed by atoms with Gasteiger partial charge in [-0.2, -0.15) is 0 Å². The molecule has 0 amide bonds. The molecule has 0 aliphatic carbocycles. The molecule has 2 rings (SSSR count). The summed E-state index contributed by atoms with van der Waals surface area (Å²) >= 11 is 0. The lowest BCUT2D eigenvalue weighted by Crippen LogP contribution is -2.24. The van der Waals surface area contributed by atoms with Crippen LogP contribution in [0.5, 0.6) is 0 Å². The lowest BCUT2D eigenvalue weighted by atomic mass is 10.3. The number of furan rings is 1. The molecule has 5 nitrogen and oxygen atoms in total. The normalized spacial score (nSPS) is 11.7. The van der Waals surface area contributed by atoms with Crippen LogP contribution in [0.25, 0.3) is 0 Å². The van der Waals surface area contributed by atoms with E-state index in [-0.39, 0.29) is 12.2 Å². The molecule has 0 unspecified atom stereocenters. The molecule has 19 heavy (non-hydrogen) atoms. The Hall–Kier alpha value is -1.86. The Morgan fingerprint density at radius 1 is 1.32 bits per heavy atom. The Morgan fingerprint density at radius 3 is 2.68 bits per heavy atom. The van der Waals surface area contributed by atoms with E-state index < -0.39 is 20.7 Å². The summed E-state index contributed by atoms with van der Waals surface area (Å²) in [5.41, 5.74) is 5.63. The largest absolute Gasteiger partial charge is 0.465 e. The zero-order valence-corrected chi connectivity index (χ0v) is 11.0. The van der Waals surface area contributed by atoms with Crippen molar-refractivity contribution in [3.63, 3.8) is 0 Å². The van der Waals surface area contributed by atoms with E-state index in [1.54, 1.807) is 19.1 Å². The van der Waals surface area contributed by atoms with Crippen LogP contribution in [0.4, 0.5) is 10.1 Å². The van der Waals surface area contributed by atoms with Gasteiger partial charge in [-0.05, 0) is 37.3 Å². The number of aryl methyl sites for hydroxylation is 1. The number of nitrogens with one attached hydrogen (secondary N) is 1. The maximum atomic E-state index is 13.5. The average Bonchev–Trinajstić information content (AvgIpc) is 2.76. The van der Waals surface area contributed by atoms with Gasteiger partial charge in [-0.3, -0.25) is 0 Å². The molecular formula is C12H13FN2O3S. The summed E-state index contributed by atoms with van der Waals surface area (Å²) < 4.78 is 44.9. The number of hydrogen-bond acceptors (Lipinski definition) is 4. The van der Waals surface area contributed by atoms with Crippen LogP contribution in [-0.4, -0.2) is 8.42 Å². The second-order valence-electron chi connectivity index (χ2n) is 4.03. The molecule has 1 aromatic heterocycles. The lowest BCUT2D eigenvalue weighted by molar-refractivity contribution is 0.474. The van der Waals surface area contributed by atoms with Crippen LogP contribution in [-0.2, 0) is 16.6 Å². The van der Waals surface area contributed by atoms with Crippen molar-refractivity contribution in [2.45, 2.75) is 18.4 Å². The molecule has 102 valence electrons. The van der Waals surface area contributed by atoms with Gasteiger partial charge in [0.15, 0.2) is 0 Å². The van der Waals surface area contributed by atoms with Gasteiger partial charge in [0.25, 0.3) is 0 Å². The second-order valence-corrected chi connectivity index (χ2v) is 5.76. The van der Waals surface area contributed by atoms with Gasteiger partial charge in [0, 0.05) is 5.69 Å². The molecule has 0 radical (unpaired) electrons. The summed E-state index contributed by atoms with van der Waals surface area (Å²) in [4.78, 5) is -0.476. The number of hydrogen-bond donors (Lipinski definition) is 2. The predicted octanol–water partition coefficient (Wildman–Crippen LogP) is 1.79. The molecule has 0 aliphatic heterocycles. The third-order valence-corrected chi connectivity index (χ3v) is 3.89. The molecule has 0 bridgehead atoms. The van der Waals surface area contributed by atoms with E-state index in [2.05, 4.69) is 4.72 Å². The standard InChI is InChI=1S/C12H13FN2O3S/c1-8-2-4-10(18-8)7-15-19(16,17)12-6-9(14)3-5-11(12)13/h2-6,15H,7,14H2,1H3. The first-order valence-electron chi connectivity index (χ1n) is 5.48. The number of benzene rings is 1. The number of rotatable bonds is 4. The number of anilines is 1. The quantitative estimate of drug-likeness (QED) is 0.838. The van der Waals surface area contributed by atoms with E-state index in [0.29, 0.717) is 11.5 Å². The zero-order chi connectivity index (χ0) is 14.0. The monoisotopic (exact) mass is 284 g/mol. The van der Waals surface area contributed by atoms with Gasteiger partial charge >= 0.3 is 0 Å². The molecule has 0 saturated carbocycles. The van der Waals surface area contributed by atoms with Crippen molar-refractivity contribution in [1.82, 2.24) is 4.72 Å². The molecule has 0 aliphatic rings. The summed E-state index contributed by atoms with van der Waals surface area (Å²) in [6.45, 7) is 1.69. The van der Waals surface area contributed by atoms with Crippen LogP contribution in [0.2, 0.25) is 0 Å². The third-order valence-electron chi connectivity index (χ3n) is 2.48. The number of halogens is 1. The van der Waals surface area contributed by atoms with E-state index in [1.165, 1.54) is 6.07 Å². The van der Waals surface area contributed by atoms with Crippen LogP contribution in [0.1, 0.15) is 11.5 Å². The summed E-state index contributed by atoms with van der Waals surface area (Å²) in [7, 11) is -3.97. The zero-order valence-electron chi connectivity index (χ0n) is 10.2. The predicted molar refractivity (Wildman–Crippen MR) is 68.3 cm³/mol. The Bertz CT molecular complexity index is 695. The Kier molecular flexibility index (Phi) is 3.59. The van der Waals surface area contributed by atoms with Crippen molar-refractivity contribution in [1.29, 1.82) is 0 Å². The van der Waals surface area contributed by atoms with Crippen LogP contribution < -0.4 is 10.5 Å². The van der Waals surface area contributed by atoms with Crippen molar-refractivity contribution >= 4 is 15.7 Å². The fraction of sp³-hybridized carbons (Fsp3) is 0.167. The Morgan fingerprint density at radius 2 is 2.05 bits per heavy atom. The first kappa shape index (κ1) is 13.6. The number of nitrogen functional groups attached to an aromatic ring is 1. The van der Waals surface area contributed by atoms with E-state index in [4.69, 9.17) is 10.2 Å². The van der Waals surface area contributed by atoms with Gasteiger partial charge in [0.05, 0.1) is 6.54 Å². The van der Waals surface area contributed by atoms with Gasteiger partial charge < -0.3 is 10.2 Å². The summed E-state index contributed by atoms with van der Waals surface area (Å²) in [5, 5.41) is 0. The topological polar surface area (TPSA) is 85.3 Å². The Balaban J connectivity index is 2.20. The van der Waals surface area contributed by atoms with E-state index in [1.807, 2.05) is 0 Å². The number of nitrogens with two attached hydrogens (primary N) is 1. The van der Waals surface area contributed by atoms with Crippen molar-refractivity contribution in [3.05, 3.63) is 47.7 Å². The maximum absolute atomic E-state index is 13.5. The summed E-state index contributed by atoms with van der Waals surface area (Å²) in [5.74, 6) is 0.270. The van der Waals surface area contributed by atoms with E-state index in [0.717, 1.165) is 12.1 Å². The molecule has 2 aromatic rings. The minimum atomic E-state index is -3.97. The van der Waals surface area contributed by atoms with E-state index >= 15 is 0 Å².